The van der Waals surface area contributed by atoms with Crippen molar-refractivity contribution in [3.05, 3.63) is 50.9 Å². The topological polar surface area (TPSA) is 80.2 Å². The van der Waals surface area contributed by atoms with Gasteiger partial charge in [0.15, 0.2) is 18.1 Å². The summed E-state index contributed by atoms with van der Waals surface area (Å²) in [6.45, 7) is 1.53. The molecule has 0 aliphatic carbocycles. The molecule has 2 rings (SSSR count). The lowest BCUT2D eigenvalue weighted by molar-refractivity contribution is -0.123. The Labute approximate surface area is 162 Å². The second-order valence-electron chi connectivity index (χ2n) is 4.99. The molecule has 25 heavy (non-hydrogen) atoms. The van der Waals surface area contributed by atoms with Crippen LogP contribution in [0, 0.1) is 0 Å². The standard InChI is InChI=1S/C17H16Br2N2O4/c1-10(11-3-5-13(22)6-4-11)20-21-16(23)9-25-17-14(19)7-12(18)8-15(17)24-2/h3-8,22H,9H2,1-2H3,(H,21,23)/b20-10-. The van der Waals surface area contributed by atoms with E-state index in [1.807, 2.05) is 0 Å². The number of carbonyl (C=O) groups is 1. The number of rotatable bonds is 6. The van der Waals surface area contributed by atoms with Gasteiger partial charge in [-0.25, -0.2) is 5.43 Å². The third-order valence-electron chi connectivity index (χ3n) is 3.18. The second kappa shape index (κ2) is 8.87. The molecular formula is C17H16Br2N2O4. The predicted molar refractivity (Wildman–Crippen MR) is 102 cm³/mol. The number of phenolic OH excluding ortho intramolecular Hbond substituents is 1. The van der Waals surface area contributed by atoms with Crippen LogP contribution in [-0.4, -0.2) is 30.4 Å². The summed E-state index contributed by atoms with van der Waals surface area (Å²) in [5.41, 5.74) is 3.83. The summed E-state index contributed by atoms with van der Waals surface area (Å²) in [5.74, 6) is 0.691. The number of amides is 1. The van der Waals surface area contributed by atoms with Gasteiger partial charge in [-0.05, 0) is 64.8 Å². The van der Waals surface area contributed by atoms with Crippen molar-refractivity contribution in [2.45, 2.75) is 6.92 Å². The zero-order chi connectivity index (χ0) is 18.4. The van der Waals surface area contributed by atoms with E-state index in [1.54, 1.807) is 43.3 Å². The van der Waals surface area contributed by atoms with Crippen LogP contribution in [0.2, 0.25) is 0 Å². The van der Waals surface area contributed by atoms with Crippen LogP contribution in [0.3, 0.4) is 0 Å². The number of nitrogens with zero attached hydrogens (tertiary/aromatic N) is 1. The van der Waals surface area contributed by atoms with Crippen molar-refractivity contribution >= 4 is 43.5 Å². The van der Waals surface area contributed by atoms with Crippen LogP contribution in [0.25, 0.3) is 0 Å². The number of aromatic hydroxyl groups is 1. The van der Waals surface area contributed by atoms with Crippen LogP contribution in [0.15, 0.2) is 50.4 Å². The zero-order valence-corrected chi connectivity index (χ0v) is 16.7. The lowest BCUT2D eigenvalue weighted by atomic mass is 10.1. The average molecular weight is 472 g/mol. The van der Waals surface area contributed by atoms with Gasteiger partial charge in [-0.2, -0.15) is 5.10 Å². The van der Waals surface area contributed by atoms with Crippen molar-refractivity contribution in [1.82, 2.24) is 5.43 Å². The minimum absolute atomic E-state index is 0.169. The largest absolute Gasteiger partial charge is 0.508 e. The lowest BCUT2D eigenvalue weighted by Gasteiger charge is -2.12. The van der Waals surface area contributed by atoms with Crippen molar-refractivity contribution in [3.8, 4) is 17.2 Å². The van der Waals surface area contributed by atoms with Crippen LogP contribution in [0.1, 0.15) is 12.5 Å². The molecule has 0 bridgehead atoms. The third kappa shape index (κ3) is 5.47. The highest BCUT2D eigenvalue weighted by Gasteiger charge is 2.13. The average Bonchev–Trinajstić information content (AvgIpc) is 2.58. The van der Waals surface area contributed by atoms with E-state index in [1.165, 1.54) is 7.11 Å². The van der Waals surface area contributed by atoms with Gasteiger partial charge in [0.2, 0.25) is 0 Å². The molecule has 0 atom stereocenters. The van der Waals surface area contributed by atoms with E-state index in [2.05, 4.69) is 42.4 Å². The number of nitrogens with one attached hydrogen (secondary N) is 1. The quantitative estimate of drug-likeness (QED) is 0.495. The second-order valence-corrected chi connectivity index (χ2v) is 6.76. The molecular weight excluding hydrogens is 456 g/mol. The number of hydrazone groups is 1. The highest BCUT2D eigenvalue weighted by molar-refractivity contribution is 9.11. The molecule has 0 radical (unpaired) electrons. The minimum Gasteiger partial charge on any atom is -0.508 e. The summed E-state index contributed by atoms with van der Waals surface area (Å²) >= 11 is 6.73. The van der Waals surface area contributed by atoms with Gasteiger partial charge in [0, 0.05) is 4.47 Å². The molecule has 2 N–H and O–H groups in total. The summed E-state index contributed by atoms with van der Waals surface area (Å²) < 4.78 is 12.2. The fourth-order valence-corrected chi connectivity index (χ4v) is 3.21. The Morgan fingerprint density at radius 3 is 2.56 bits per heavy atom. The predicted octanol–water partition coefficient (Wildman–Crippen LogP) is 3.85. The van der Waals surface area contributed by atoms with Gasteiger partial charge in [0.05, 0.1) is 17.3 Å². The van der Waals surface area contributed by atoms with Crippen LogP contribution < -0.4 is 14.9 Å². The van der Waals surface area contributed by atoms with E-state index in [0.717, 1.165) is 10.0 Å². The maximum Gasteiger partial charge on any atom is 0.277 e. The highest BCUT2D eigenvalue weighted by Crippen LogP contribution is 2.38. The van der Waals surface area contributed by atoms with Gasteiger partial charge >= 0.3 is 0 Å². The Bertz CT molecular complexity index is 792. The molecule has 0 aromatic heterocycles. The van der Waals surface area contributed by atoms with Gasteiger partial charge in [0.1, 0.15) is 5.75 Å². The number of hydrogen-bond acceptors (Lipinski definition) is 5. The van der Waals surface area contributed by atoms with Gasteiger partial charge in [-0.1, -0.05) is 15.9 Å². The fourth-order valence-electron chi connectivity index (χ4n) is 1.91. The Hall–Kier alpha value is -2.06. The molecule has 132 valence electrons. The molecule has 0 unspecified atom stereocenters. The fraction of sp³-hybridized carbons (Fsp3) is 0.176. The van der Waals surface area contributed by atoms with Crippen molar-refractivity contribution in [1.29, 1.82) is 0 Å². The summed E-state index contributed by atoms with van der Waals surface area (Å²) in [6, 6.07) is 10.1. The minimum atomic E-state index is -0.407. The van der Waals surface area contributed by atoms with Gasteiger partial charge < -0.3 is 14.6 Å². The summed E-state index contributed by atoms with van der Waals surface area (Å²) in [4.78, 5) is 11.9. The molecule has 8 heteroatoms. The van der Waals surface area contributed by atoms with Crippen molar-refractivity contribution in [2.24, 2.45) is 5.10 Å². The molecule has 0 heterocycles. The molecule has 0 aliphatic heterocycles. The van der Waals surface area contributed by atoms with E-state index in [-0.39, 0.29) is 12.4 Å². The van der Waals surface area contributed by atoms with Crippen molar-refractivity contribution < 1.29 is 19.4 Å². The monoisotopic (exact) mass is 470 g/mol. The summed E-state index contributed by atoms with van der Waals surface area (Å²) in [7, 11) is 1.52. The normalized spacial score (nSPS) is 11.1. The van der Waals surface area contributed by atoms with Gasteiger partial charge in [-0.3, -0.25) is 4.79 Å². The number of benzene rings is 2. The van der Waals surface area contributed by atoms with Crippen LogP contribution in [0.4, 0.5) is 0 Å². The Kier molecular flexibility index (Phi) is 6.83. The van der Waals surface area contributed by atoms with E-state index in [9.17, 15) is 9.90 Å². The number of carbonyl (C=O) groups excluding carboxylic acids is 1. The molecule has 1 amide bonds. The number of hydrogen-bond donors (Lipinski definition) is 2. The van der Waals surface area contributed by atoms with E-state index >= 15 is 0 Å². The molecule has 0 spiro atoms. The van der Waals surface area contributed by atoms with Crippen molar-refractivity contribution in [3.63, 3.8) is 0 Å². The highest BCUT2D eigenvalue weighted by atomic mass is 79.9. The Balaban J connectivity index is 1.97. The van der Waals surface area contributed by atoms with Crippen LogP contribution in [0.5, 0.6) is 17.2 Å². The smallest absolute Gasteiger partial charge is 0.277 e. The lowest BCUT2D eigenvalue weighted by Crippen LogP contribution is -2.25. The maximum absolute atomic E-state index is 11.9. The van der Waals surface area contributed by atoms with Crippen molar-refractivity contribution in [2.75, 3.05) is 13.7 Å². The molecule has 2 aromatic rings. The Morgan fingerprint density at radius 2 is 1.92 bits per heavy atom. The summed E-state index contributed by atoms with van der Waals surface area (Å²) in [6.07, 6.45) is 0. The zero-order valence-electron chi connectivity index (χ0n) is 13.5. The number of ether oxygens (including phenoxy) is 2. The Morgan fingerprint density at radius 1 is 1.24 bits per heavy atom. The first kappa shape index (κ1) is 19.3. The molecule has 0 aliphatic rings. The van der Waals surface area contributed by atoms with E-state index in [0.29, 0.717) is 21.7 Å². The van der Waals surface area contributed by atoms with Crippen LogP contribution >= 0.6 is 31.9 Å². The molecule has 6 nitrogen and oxygen atoms in total. The third-order valence-corrected chi connectivity index (χ3v) is 4.22. The van der Waals surface area contributed by atoms with E-state index < -0.39 is 5.91 Å². The SMILES string of the molecule is COc1cc(Br)cc(Br)c1OCC(=O)N/N=C(/C)c1ccc(O)cc1. The first-order valence-electron chi connectivity index (χ1n) is 7.19. The molecule has 0 saturated heterocycles. The summed E-state index contributed by atoms with van der Waals surface area (Å²) in [5, 5.41) is 13.3. The number of methoxy groups -OCH3 is 1. The molecule has 0 saturated carbocycles. The number of phenols is 1. The van der Waals surface area contributed by atoms with E-state index in [4.69, 9.17) is 9.47 Å². The molecule has 0 fully saturated rings. The van der Waals surface area contributed by atoms with Crippen LogP contribution in [-0.2, 0) is 4.79 Å². The van der Waals surface area contributed by atoms with Gasteiger partial charge in [0.25, 0.3) is 5.91 Å². The molecule has 2 aromatic carbocycles. The van der Waals surface area contributed by atoms with Gasteiger partial charge in [-0.15, -0.1) is 0 Å². The maximum atomic E-state index is 11.9. The number of halogens is 2. The first-order valence-corrected chi connectivity index (χ1v) is 8.77. The first-order chi connectivity index (χ1) is 11.9.